The molecule has 1 unspecified atom stereocenters. The van der Waals surface area contributed by atoms with Crippen LogP contribution in [0.15, 0.2) is 53.0 Å². The molecule has 0 aromatic heterocycles. The van der Waals surface area contributed by atoms with Crippen LogP contribution in [0.5, 0.6) is 0 Å². The molecular weight excluding hydrogens is 328 g/mol. The molecule has 3 rings (SSSR count). The number of hydrogen-bond donors (Lipinski definition) is 2. The second-order valence-corrected chi connectivity index (χ2v) is 6.13. The normalized spacial score (nSPS) is 17.7. The summed E-state index contributed by atoms with van der Waals surface area (Å²) >= 11 is 3.53. The van der Waals surface area contributed by atoms with Crippen LogP contribution >= 0.6 is 15.9 Å². The quantitative estimate of drug-likeness (QED) is 0.888. The molecule has 2 atom stereocenters. The minimum absolute atomic E-state index is 0.0270. The lowest BCUT2D eigenvalue weighted by Crippen LogP contribution is -2.32. The van der Waals surface area contributed by atoms with Crippen LogP contribution in [-0.4, -0.2) is 12.5 Å². The molecule has 1 heterocycles. The number of benzene rings is 2. The number of halogens is 1. The first-order valence-corrected chi connectivity index (χ1v) is 7.83. The third kappa shape index (κ3) is 2.81. The summed E-state index contributed by atoms with van der Waals surface area (Å²) in [5, 5.41) is 6.40. The van der Waals surface area contributed by atoms with Crippen molar-refractivity contribution >= 4 is 27.5 Å². The number of hydrogen-bond acceptors (Lipinski definition) is 2. The summed E-state index contributed by atoms with van der Waals surface area (Å²) in [5.74, 6) is -0.0539. The average Bonchev–Trinajstić information content (AvgIpc) is 2.91. The molecule has 0 bridgehead atoms. The monoisotopic (exact) mass is 344 g/mol. The van der Waals surface area contributed by atoms with Crippen LogP contribution in [0.3, 0.4) is 0 Å². The van der Waals surface area contributed by atoms with Gasteiger partial charge in [-0.1, -0.05) is 52.3 Å². The molecular formula is C17H17BrN2O. The van der Waals surface area contributed by atoms with E-state index in [0.717, 1.165) is 21.3 Å². The first-order chi connectivity index (χ1) is 10.2. The number of carbonyl (C=O) groups is 1. The van der Waals surface area contributed by atoms with Gasteiger partial charge in [0.25, 0.3) is 0 Å². The van der Waals surface area contributed by atoms with Gasteiger partial charge in [0, 0.05) is 16.7 Å². The highest BCUT2D eigenvalue weighted by molar-refractivity contribution is 9.10. The standard InChI is InChI=1S/C17H17BrN2O/c1-11(12-6-2-4-8-15(12)18)20-17(21)14-10-19-16-9-5-3-7-13(14)16/h2-9,11,14,19H,10H2,1H3,(H,20,21)/t11-,14?/m0/s1. The van der Waals surface area contributed by atoms with E-state index >= 15 is 0 Å². The highest BCUT2D eigenvalue weighted by Crippen LogP contribution is 2.32. The van der Waals surface area contributed by atoms with Crippen molar-refractivity contribution in [2.75, 3.05) is 11.9 Å². The zero-order valence-electron chi connectivity index (χ0n) is 11.8. The molecule has 0 radical (unpaired) electrons. The van der Waals surface area contributed by atoms with Crippen molar-refractivity contribution < 1.29 is 4.79 Å². The van der Waals surface area contributed by atoms with Gasteiger partial charge in [-0.05, 0) is 30.2 Å². The Morgan fingerprint density at radius 2 is 1.95 bits per heavy atom. The van der Waals surface area contributed by atoms with Gasteiger partial charge >= 0.3 is 0 Å². The smallest absolute Gasteiger partial charge is 0.229 e. The fourth-order valence-corrected chi connectivity index (χ4v) is 3.36. The maximum absolute atomic E-state index is 12.5. The fourth-order valence-electron chi connectivity index (χ4n) is 2.74. The van der Waals surface area contributed by atoms with Crippen LogP contribution in [0.25, 0.3) is 0 Å². The van der Waals surface area contributed by atoms with Crippen LogP contribution in [-0.2, 0) is 4.79 Å². The van der Waals surface area contributed by atoms with Crippen molar-refractivity contribution in [2.24, 2.45) is 0 Å². The topological polar surface area (TPSA) is 41.1 Å². The molecule has 0 saturated carbocycles. The minimum atomic E-state index is -0.119. The van der Waals surface area contributed by atoms with E-state index in [4.69, 9.17) is 0 Å². The molecule has 0 aliphatic carbocycles. The van der Waals surface area contributed by atoms with E-state index in [1.807, 2.05) is 55.5 Å². The van der Waals surface area contributed by atoms with Crippen LogP contribution in [0.1, 0.15) is 30.0 Å². The van der Waals surface area contributed by atoms with E-state index in [1.165, 1.54) is 0 Å². The lowest BCUT2D eigenvalue weighted by molar-refractivity contribution is -0.122. The van der Waals surface area contributed by atoms with E-state index < -0.39 is 0 Å². The third-order valence-electron chi connectivity index (χ3n) is 3.88. The SMILES string of the molecule is C[C@H](NC(=O)C1CNc2ccccc21)c1ccccc1Br. The van der Waals surface area contributed by atoms with Gasteiger partial charge in [-0.15, -0.1) is 0 Å². The Kier molecular flexibility index (Phi) is 3.97. The molecule has 108 valence electrons. The Hall–Kier alpha value is -1.81. The lowest BCUT2D eigenvalue weighted by Gasteiger charge is -2.18. The molecule has 0 fully saturated rings. The molecule has 2 aromatic carbocycles. The van der Waals surface area contributed by atoms with E-state index in [0.29, 0.717) is 6.54 Å². The van der Waals surface area contributed by atoms with Gasteiger partial charge in [0.05, 0.1) is 12.0 Å². The fraction of sp³-hybridized carbons (Fsp3) is 0.235. The van der Waals surface area contributed by atoms with E-state index in [2.05, 4.69) is 26.6 Å². The summed E-state index contributed by atoms with van der Waals surface area (Å²) < 4.78 is 1.02. The number of amides is 1. The van der Waals surface area contributed by atoms with Crippen molar-refractivity contribution in [1.82, 2.24) is 5.32 Å². The summed E-state index contributed by atoms with van der Waals surface area (Å²) in [6.07, 6.45) is 0. The van der Waals surface area contributed by atoms with Crippen LogP contribution in [0, 0.1) is 0 Å². The number of carbonyl (C=O) groups excluding carboxylic acids is 1. The first kappa shape index (κ1) is 14.1. The third-order valence-corrected chi connectivity index (χ3v) is 4.60. The van der Waals surface area contributed by atoms with Crippen LogP contribution < -0.4 is 10.6 Å². The Labute approximate surface area is 132 Å². The number of nitrogens with one attached hydrogen (secondary N) is 2. The summed E-state index contributed by atoms with van der Waals surface area (Å²) in [4.78, 5) is 12.5. The van der Waals surface area contributed by atoms with E-state index in [-0.39, 0.29) is 17.9 Å². The Morgan fingerprint density at radius 1 is 1.24 bits per heavy atom. The van der Waals surface area contributed by atoms with Crippen molar-refractivity contribution in [3.63, 3.8) is 0 Å². The molecule has 21 heavy (non-hydrogen) atoms. The van der Waals surface area contributed by atoms with Crippen molar-refractivity contribution in [3.8, 4) is 0 Å². The number of rotatable bonds is 3. The molecule has 0 saturated heterocycles. The first-order valence-electron chi connectivity index (χ1n) is 7.04. The molecule has 1 amide bonds. The average molecular weight is 345 g/mol. The molecule has 4 heteroatoms. The van der Waals surface area contributed by atoms with Crippen molar-refractivity contribution in [2.45, 2.75) is 18.9 Å². The van der Waals surface area contributed by atoms with Gasteiger partial charge in [0.1, 0.15) is 0 Å². The van der Waals surface area contributed by atoms with Gasteiger partial charge < -0.3 is 10.6 Å². The lowest BCUT2D eigenvalue weighted by atomic mass is 9.99. The van der Waals surface area contributed by atoms with Crippen LogP contribution in [0.4, 0.5) is 5.69 Å². The Morgan fingerprint density at radius 3 is 2.76 bits per heavy atom. The second kappa shape index (κ2) is 5.90. The highest BCUT2D eigenvalue weighted by atomic mass is 79.9. The predicted octanol–water partition coefficient (Wildman–Crippen LogP) is 3.84. The summed E-state index contributed by atoms with van der Waals surface area (Å²) in [6, 6.07) is 15.9. The van der Waals surface area contributed by atoms with Gasteiger partial charge in [-0.25, -0.2) is 0 Å². The van der Waals surface area contributed by atoms with Crippen LogP contribution in [0.2, 0.25) is 0 Å². The van der Waals surface area contributed by atoms with Gasteiger partial charge in [0.2, 0.25) is 5.91 Å². The zero-order chi connectivity index (χ0) is 14.8. The Bertz CT molecular complexity index is 671. The number of fused-ring (bicyclic) bond motifs is 1. The molecule has 2 aromatic rings. The Balaban J connectivity index is 1.75. The molecule has 2 N–H and O–H groups in total. The highest BCUT2D eigenvalue weighted by Gasteiger charge is 2.29. The van der Waals surface area contributed by atoms with Gasteiger partial charge in [-0.2, -0.15) is 0 Å². The maximum Gasteiger partial charge on any atom is 0.229 e. The molecule has 1 aliphatic rings. The minimum Gasteiger partial charge on any atom is -0.384 e. The van der Waals surface area contributed by atoms with Gasteiger partial charge in [0.15, 0.2) is 0 Å². The number of para-hydroxylation sites is 1. The molecule has 1 aliphatic heterocycles. The van der Waals surface area contributed by atoms with E-state index in [1.54, 1.807) is 0 Å². The summed E-state index contributed by atoms with van der Waals surface area (Å²) in [7, 11) is 0. The zero-order valence-corrected chi connectivity index (χ0v) is 13.4. The summed E-state index contributed by atoms with van der Waals surface area (Å²) in [6.45, 7) is 2.67. The maximum atomic E-state index is 12.5. The van der Waals surface area contributed by atoms with Crippen molar-refractivity contribution in [3.05, 3.63) is 64.1 Å². The largest absolute Gasteiger partial charge is 0.384 e. The van der Waals surface area contributed by atoms with Crippen molar-refractivity contribution in [1.29, 1.82) is 0 Å². The number of anilines is 1. The molecule has 0 spiro atoms. The van der Waals surface area contributed by atoms with Gasteiger partial charge in [-0.3, -0.25) is 4.79 Å². The second-order valence-electron chi connectivity index (χ2n) is 5.27. The summed E-state index contributed by atoms with van der Waals surface area (Å²) in [5.41, 5.74) is 3.23. The molecule has 3 nitrogen and oxygen atoms in total. The van der Waals surface area contributed by atoms with E-state index in [9.17, 15) is 4.79 Å². The predicted molar refractivity (Wildman–Crippen MR) is 88.4 cm³/mol.